The van der Waals surface area contributed by atoms with Crippen LogP contribution in [0, 0.1) is 5.92 Å². The first-order valence-electron chi connectivity index (χ1n) is 9.50. The fourth-order valence-electron chi connectivity index (χ4n) is 3.95. The van der Waals surface area contributed by atoms with Gasteiger partial charge >= 0.3 is 0 Å². The maximum Gasteiger partial charge on any atom is 0.240 e. The number of nitrogens with one attached hydrogen (secondary N) is 1. The minimum Gasteiger partial charge on any atom is -0.312 e. The highest BCUT2D eigenvalue weighted by Gasteiger charge is 2.24. The average Bonchev–Trinajstić information content (AvgIpc) is 3.02. The first-order valence-corrected chi connectivity index (χ1v) is 11.0. The van der Waals surface area contributed by atoms with Gasteiger partial charge in [-0.05, 0) is 68.5 Å². The zero-order chi connectivity index (χ0) is 18.7. The van der Waals surface area contributed by atoms with E-state index >= 15 is 0 Å². The van der Waals surface area contributed by atoms with Gasteiger partial charge in [-0.25, -0.2) is 13.1 Å². The van der Waals surface area contributed by atoms with E-state index in [4.69, 9.17) is 0 Å². The van der Waals surface area contributed by atoms with Crippen molar-refractivity contribution in [2.24, 2.45) is 5.92 Å². The summed E-state index contributed by atoms with van der Waals surface area (Å²) < 4.78 is 27.8. The van der Waals surface area contributed by atoms with E-state index in [-0.39, 0.29) is 10.8 Å². The second-order valence-corrected chi connectivity index (χ2v) is 9.28. The van der Waals surface area contributed by atoms with Gasteiger partial charge in [-0.15, -0.1) is 0 Å². The Kier molecular flexibility index (Phi) is 5.99. The van der Waals surface area contributed by atoms with Gasteiger partial charge < -0.3 is 9.80 Å². The van der Waals surface area contributed by atoms with Gasteiger partial charge in [0.1, 0.15) is 0 Å². The fraction of sp³-hybridized carbons (Fsp3) is 0.632. The Bertz CT molecular complexity index is 763. The first kappa shape index (κ1) is 19.3. The van der Waals surface area contributed by atoms with Gasteiger partial charge in [0.25, 0.3) is 0 Å². The quantitative estimate of drug-likeness (QED) is 0.768. The first-order chi connectivity index (χ1) is 12.4. The standard InChI is InChI=1S/C19H29N3O3S/c1-15-5-3-10-21(14-15)11-4-9-20-26(24,25)18-6-7-19-17(13-18)8-12-22(19)16(2)23/h6-7,13,15,20H,3-5,8-12,14H2,1-2H3/t15-/m0/s1. The van der Waals surface area contributed by atoms with Crippen LogP contribution in [0.4, 0.5) is 5.69 Å². The predicted molar refractivity (Wildman–Crippen MR) is 103 cm³/mol. The molecule has 26 heavy (non-hydrogen) atoms. The molecule has 1 N–H and O–H groups in total. The predicted octanol–water partition coefficient (Wildman–Crippen LogP) is 2.00. The molecule has 0 aliphatic carbocycles. The Morgan fingerprint density at radius 3 is 2.85 bits per heavy atom. The number of anilines is 1. The number of carbonyl (C=O) groups excluding carboxylic acids is 1. The van der Waals surface area contributed by atoms with Crippen LogP contribution in [0.2, 0.25) is 0 Å². The molecule has 1 atom stereocenters. The lowest BCUT2D eigenvalue weighted by atomic mass is 10.0. The number of hydrogen-bond donors (Lipinski definition) is 1. The number of sulfonamides is 1. The zero-order valence-electron chi connectivity index (χ0n) is 15.7. The second kappa shape index (κ2) is 8.06. The van der Waals surface area contributed by atoms with Crippen molar-refractivity contribution in [2.75, 3.05) is 37.6 Å². The topological polar surface area (TPSA) is 69.7 Å². The Morgan fingerprint density at radius 2 is 2.12 bits per heavy atom. The Labute approximate surface area is 156 Å². The number of rotatable bonds is 6. The third-order valence-corrected chi connectivity index (χ3v) is 6.78. The summed E-state index contributed by atoms with van der Waals surface area (Å²) in [4.78, 5) is 16.0. The highest BCUT2D eigenvalue weighted by molar-refractivity contribution is 7.89. The summed E-state index contributed by atoms with van der Waals surface area (Å²) in [6.45, 7) is 8.05. The second-order valence-electron chi connectivity index (χ2n) is 7.51. The van der Waals surface area contributed by atoms with Crippen LogP contribution in [0.25, 0.3) is 0 Å². The van der Waals surface area contributed by atoms with Gasteiger partial charge in [0, 0.05) is 32.2 Å². The molecule has 1 aromatic rings. The highest BCUT2D eigenvalue weighted by Crippen LogP contribution is 2.30. The van der Waals surface area contributed by atoms with E-state index in [2.05, 4.69) is 16.5 Å². The summed E-state index contributed by atoms with van der Waals surface area (Å²) in [5.74, 6) is 0.728. The molecule has 7 heteroatoms. The Hall–Kier alpha value is -1.44. The third-order valence-electron chi connectivity index (χ3n) is 5.32. The number of nitrogens with zero attached hydrogens (tertiary/aromatic N) is 2. The van der Waals surface area contributed by atoms with Crippen molar-refractivity contribution in [3.8, 4) is 0 Å². The monoisotopic (exact) mass is 379 g/mol. The summed E-state index contributed by atoms with van der Waals surface area (Å²) in [6, 6.07) is 5.04. The van der Waals surface area contributed by atoms with Crippen LogP contribution in [0.1, 0.15) is 38.7 Å². The maximum absolute atomic E-state index is 12.5. The third kappa shape index (κ3) is 4.45. The van der Waals surface area contributed by atoms with Crippen LogP contribution in [0.3, 0.4) is 0 Å². The fourth-order valence-corrected chi connectivity index (χ4v) is 5.08. The number of hydrogen-bond acceptors (Lipinski definition) is 4. The molecule has 144 valence electrons. The largest absolute Gasteiger partial charge is 0.312 e. The van der Waals surface area contributed by atoms with Crippen LogP contribution in [-0.4, -0.2) is 51.9 Å². The molecule has 1 fully saturated rings. The van der Waals surface area contributed by atoms with Crippen molar-refractivity contribution in [3.05, 3.63) is 23.8 Å². The van der Waals surface area contributed by atoms with Gasteiger partial charge in [0.05, 0.1) is 4.90 Å². The summed E-state index contributed by atoms with van der Waals surface area (Å²) in [5.41, 5.74) is 1.75. The normalized spacial score (nSPS) is 21.0. The SMILES string of the molecule is CC(=O)N1CCc2cc(S(=O)(=O)NCCCN3CCC[C@H](C)C3)ccc21. The molecular weight excluding hydrogens is 350 g/mol. The zero-order valence-corrected chi connectivity index (χ0v) is 16.5. The number of carbonyl (C=O) groups is 1. The van der Waals surface area contributed by atoms with Crippen LogP contribution in [0.15, 0.2) is 23.1 Å². The Balaban J connectivity index is 1.54. The molecule has 0 aromatic heterocycles. The number of likely N-dealkylation sites (tertiary alicyclic amines) is 1. The summed E-state index contributed by atoms with van der Waals surface area (Å²) >= 11 is 0. The molecule has 1 saturated heterocycles. The number of benzene rings is 1. The molecule has 0 unspecified atom stereocenters. The molecule has 2 aliphatic heterocycles. The van der Waals surface area contributed by atoms with Gasteiger partial charge in [-0.3, -0.25) is 4.79 Å². The van der Waals surface area contributed by atoms with Gasteiger partial charge in [-0.1, -0.05) is 6.92 Å². The summed E-state index contributed by atoms with van der Waals surface area (Å²) in [7, 11) is -3.51. The molecule has 2 aliphatic rings. The number of fused-ring (bicyclic) bond motifs is 1. The average molecular weight is 380 g/mol. The van der Waals surface area contributed by atoms with Crippen molar-refractivity contribution in [3.63, 3.8) is 0 Å². The van der Waals surface area contributed by atoms with Crippen LogP contribution < -0.4 is 9.62 Å². The minimum atomic E-state index is -3.51. The number of piperidine rings is 1. The molecule has 1 aromatic carbocycles. The van der Waals surface area contributed by atoms with Crippen LogP contribution >= 0.6 is 0 Å². The van der Waals surface area contributed by atoms with Crippen LogP contribution in [-0.2, 0) is 21.2 Å². The lowest BCUT2D eigenvalue weighted by Crippen LogP contribution is -2.36. The van der Waals surface area contributed by atoms with Crippen LogP contribution in [0.5, 0.6) is 0 Å². The molecule has 0 spiro atoms. The summed E-state index contributed by atoms with van der Waals surface area (Å²) in [6.07, 6.45) is 4.04. The van der Waals surface area contributed by atoms with Crippen molar-refractivity contribution < 1.29 is 13.2 Å². The number of amides is 1. The van der Waals surface area contributed by atoms with Crippen molar-refractivity contribution in [2.45, 2.75) is 44.4 Å². The van der Waals surface area contributed by atoms with E-state index in [1.165, 1.54) is 19.8 Å². The van der Waals surface area contributed by atoms with Crippen molar-refractivity contribution >= 4 is 21.6 Å². The minimum absolute atomic E-state index is 0.00971. The van der Waals surface area contributed by atoms with E-state index < -0.39 is 10.0 Å². The van der Waals surface area contributed by atoms with E-state index in [9.17, 15) is 13.2 Å². The van der Waals surface area contributed by atoms with Crippen molar-refractivity contribution in [1.29, 1.82) is 0 Å². The lowest BCUT2D eigenvalue weighted by molar-refractivity contribution is -0.116. The lowest BCUT2D eigenvalue weighted by Gasteiger charge is -2.30. The van der Waals surface area contributed by atoms with E-state index in [1.54, 1.807) is 23.1 Å². The van der Waals surface area contributed by atoms with Crippen molar-refractivity contribution in [1.82, 2.24) is 9.62 Å². The molecule has 1 amide bonds. The molecule has 0 saturated carbocycles. The molecular formula is C19H29N3O3S. The molecule has 0 radical (unpaired) electrons. The molecule has 2 heterocycles. The summed E-state index contributed by atoms with van der Waals surface area (Å²) in [5, 5.41) is 0. The smallest absolute Gasteiger partial charge is 0.240 e. The molecule has 0 bridgehead atoms. The van der Waals surface area contributed by atoms with E-state index in [0.717, 1.165) is 43.2 Å². The van der Waals surface area contributed by atoms with Gasteiger partial charge in [-0.2, -0.15) is 0 Å². The van der Waals surface area contributed by atoms with Gasteiger partial charge in [0.2, 0.25) is 15.9 Å². The van der Waals surface area contributed by atoms with E-state index in [0.29, 0.717) is 19.5 Å². The maximum atomic E-state index is 12.5. The molecule has 6 nitrogen and oxygen atoms in total. The highest BCUT2D eigenvalue weighted by atomic mass is 32.2. The Morgan fingerprint density at radius 1 is 1.31 bits per heavy atom. The van der Waals surface area contributed by atoms with Gasteiger partial charge in [0.15, 0.2) is 0 Å². The molecule has 3 rings (SSSR count). The van der Waals surface area contributed by atoms with E-state index in [1.807, 2.05) is 0 Å².